The lowest BCUT2D eigenvalue weighted by molar-refractivity contribution is 0.0977. The molecule has 1 amide bonds. The van der Waals surface area contributed by atoms with E-state index in [2.05, 4.69) is 20.6 Å². The van der Waals surface area contributed by atoms with Crippen molar-refractivity contribution < 1.29 is 14.3 Å². The van der Waals surface area contributed by atoms with Crippen LogP contribution in [0.1, 0.15) is 10.4 Å². The second-order valence-corrected chi connectivity index (χ2v) is 7.07. The van der Waals surface area contributed by atoms with E-state index in [0.717, 1.165) is 22.4 Å². The lowest BCUT2D eigenvalue weighted by Crippen LogP contribution is -2.34. The number of carbonyl (C=O) groups excluding carboxylic acids is 1. The molecule has 156 valence electrons. The molecule has 4 rings (SSSR count). The first-order valence-corrected chi connectivity index (χ1v) is 9.88. The van der Waals surface area contributed by atoms with Crippen molar-refractivity contribution in [2.45, 2.75) is 0 Å². The maximum Gasteiger partial charge on any atom is 0.257 e. The van der Waals surface area contributed by atoms with Crippen LogP contribution >= 0.6 is 12.2 Å². The molecule has 0 spiro atoms. The number of aromatic nitrogens is 2. The number of methoxy groups -OCH3 is 2. The molecule has 0 bridgehead atoms. The fourth-order valence-electron chi connectivity index (χ4n) is 3.14. The third kappa shape index (κ3) is 4.49. The van der Waals surface area contributed by atoms with Crippen molar-refractivity contribution in [3.8, 4) is 22.9 Å². The number of benzene rings is 3. The molecule has 0 aliphatic rings. The van der Waals surface area contributed by atoms with Crippen molar-refractivity contribution in [2.24, 2.45) is 0 Å². The van der Waals surface area contributed by atoms with Gasteiger partial charge in [0.2, 0.25) is 0 Å². The van der Waals surface area contributed by atoms with Crippen molar-refractivity contribution in [3.05, 3.63) is 72.3 Å². The maximum atomic E-state index is 12.5. The Kier molecular flexibility index (Phi) is 5.81. The van der Waals surface area contributed by atoms with E-state index in [4.69, 9.17) is 21.7 Å². The number of rotatable bonds is 5. The van der Waals surface area contributed by atoms with Gasteiger partial charge in [-0.2, -0.15) is 0 Å². The molecule has 0 aliphatic heterocycles. The highest BCUT2D eigenvalue weighted by atomic mass is 32.1. The highest BCUT2D eigenvalue weighted by Gasteiger charge is 2.13. The largest absolute Gasteiger partial charge is 0.497 e. The molecule has 0 unspecified atom stereocenters. The van der Waals surface area contributed by atoms with Gasteiger partial charge in [-0.3, -0.25) is 10.1 Å². The van der Waals surface area contributed by atoms with Gasteiger partial charge in [-0.25, -0.2) is 4.98 Å². The van der Waals surface area contributed by atoms with Gasteiger partial charge in [-0.05, 0) is 60.7 Å². The Hall–Kier alpha value is -3.91. The van der Waals surface area contributed by atoms with Gasteiger partial charge in [0.15, 0.2) is 5.11 Å². The first-order chi connectivity index (χ1) is 15.1. The van der Waals surface area contributed by atoms with Crippen molar-refractivity contribution in [2.75, 3.05) is 19.5 Å². The number of anilines is 1. The Labute approximate surface area is 184 Å². The molecule has 8 heteroatoms. The Bertz CT molecular complexity index is 1240. The fourth-order valence-corrected chi connectivity index (χ4v) is 3.34. The Morgan fingerprint density at radius 3 is 2.61 bits per heavy atom. The molecule has 0 radical (unpaired) electrons. The minimum absolute atomic E-state index is 0.146. The predicted octanol–water partition coefficient (Wildman–Crippen LogP) is 4.37. The van der Waals surface area contributed by atoms with Crippen LogP contribution in [0.25, 0.3) is 22.4 Å². The Morgan fingerprint density at radius 1 is 1.00 bits per heavy atom. The smallest absolute Gasteiger partial charge is 0.257 e. The van der Waals surface area contributed by atoms with Gasteiger partial charge in [0.05, 0.1) is 30.9 Å². The van der Waals surface area contributed by atoms with E-state index in [-0.39, 0.29) is 11.0 Å². The molecule has 31 heavy (non-hydrogen) atoms. The summed E-state index contributed by atoms with van der Waals surface area (Å²) in [5.41, 5.74) is 3.72. The summed E-state index contributed by atoms with van der Waals surface area (Å²) in [6.45, 7) is 0. The van der Waals surface area contributed by atoms with E-state index >= 15 is 0 Å². The summed E-state index contributed by atoms with van der Waals surface area (Å²) in [4.78, 5) is 20.4. The number of hydrogen-bond donors (Lipinski definition) is 3. The molecule has 0 aliphatic carbocycles. The molecule has 0 fully saturated rings. The predicted molar refractivity (Wildman–Crippen MR) is 125 cm³/mol. The van der Waals surface area contributed by atoms with Gasteiger partial charge >= 0.3 is 0 Å². The lowest BCUT2D eigenvalue weighted by Gasteiger charge is -2.14. The molecular formula is C23H20N4O3S. The average Bonchev–Trinajstić information content (AvgIpc) is 3.23. The summed E-state index contributed by atoms with van der Waals surface area (Å²) in [5, 5.41) is 5.86. The molecule has 3 N–H and O–H groups in total. The van der Waals surface area contributed by atoms with Crippen LogP contribution in [0.5, 0.6) is 11.5 Å². The van der Waals surface area contributed by atoms with E-state index in [9.17, 15) is 4.79 Å². The van der Waals surface area contributed by atoms with Crippen LogP contribution in [0, 0.1) is 0 Å². The van der Waals surface area contributed by atoms with Crippen molar-refractivity contribution >= 4 is 40.0 Å². The zero-order valence-electron chi connectivity index (χ0n) is 16.9. The second-order valence-electron chi connectivity index (χ2n) is 6.66. The first-order valence-electron chi connectivity index (χ1n) is 9.47. The summed E-state index contributed by atoms with van der Waals surface area (Å²) >= 11 is 5.34. The van der Waals surface area contributed by atoms with E-state index in [1.54, 1.807) is 38.5 Å². The number of para-hydroxylation sites is 2. The molecule has 7 nitrogen and oxygen atoms in total. The van der Waals surface area contributed by atoms with E-state index < -0.39 is 0 Å². The van der Waals surface area contributed by atoms with Gasteiger partial charge in [0.1, 0.15) is 17.3 Å². The van der Waals surface area contributed by atoms with Crippen molar-refractivity contribution in [1.29, 1.82) is 0 Å². The third-order valence-corrected chi connectivity index (χ3v) is 4.87. The van der Waals surface area contributed by atoms with Crippen LogP contribution in [-0.2, 0) is 0 Å². The number of carbonyl (C=O) groups is 1. The topological polar surface area (TPSA) is 88.3 Å². The van der Waals surface area contributed by atoms with Crippen LogP contribution in [0.2, 0.25) is 0 Å². The van der Waals surface area contributed by atoms with Crippen LogP contribution in [-0.4, -0.2) is 35.2 Å². The normalized spacial score (nSPS) is 10.5. The molecule has 1 heterocycles. The molecule has 4 aromatic rings. The molecule has 1 aromatic heterocycles. The molecule has 3 aromatic carbocycles. The number of nitrogens with one attached hydrogen (secondary N) is 3. The Morgan fingerprint density at radius 2 is 1.84 bits per heavy atom. The minimum Gasteiger partial charge on any atom is -0.497 e. The van der Waals surface area contributed by atoms with Gasteiger partial charge in [-0.15, -0.1) is 0 Å². The summed E-state index contributed by atoms with van der Waals surface area (Å²) in [6.07, 6.45) is 0. The third-order valence-electron chi connectivity index (χ3n) is 4.67. The minimum atomic E-state index is -0.344. The number of imidazole rings is 1. The summed E-state index contributed by atoms with van der Waals surface area (Å²) in [5.74, 6) is 1.55. The monoisotopic (exact) mass is 432 g/mol. The zero-order valence-corrected chi connectivity index (χ0v) is 17.7. The van der Waals surface area contributed by atoms with Crippen molar-refractivity contribution in [1.82, 2.24) is 15.3 Å². The maximum absolute atomic E-state index is 12.5. The molecule has 0 saturated carbocycles. The summed E-state index contributed by atoms with van der Waals surface area (Å²) < 4.78 is 10.6. The highest BCUT2D eigenvalue weighted by molar-refractivity contribution is 7.80. The molecular weight excluding hydrogens is 412 g/mol. The van der Waals surface area contributed by atoms with Gasteiger partial charge in [0, 0.05) is 11.1 Å². The highest BCUT2D eigenvalue weighted by Crippen LogP contribution is 2.30. The summed E-state index contributed by atoms with van der Waals surface area (Å²) in [7, 11) is 3.11. The number of ether oxygens (including phenoxy) is 2. The SMILES string of the molecule is COc1cccc(C(=O)NC(=S)Nc2cc(-c3nc4ccccc4[nH]3)ccc2OC)c1. The number of hydrogen-bond acceptors (Lipinski definition) is 5. The molecule has 0 saturated heterocycles. The average molecular weight is 433 g/mol. The number of aromatic amines is 1. The number of fused-ring (bicyclic) bond motifs is 1. The van der Waals surface area contributed by atoms with Gasteiger partial charge < -0.3 is 19.8 Å². The fraction of sp³-hybridized carbons (Fsp3) is 0.0870. The van der Waals surface area contributed by atoms with Crippen LogP contribution in [0.4, 0.5) is 5.69 Å². The first kappa shape index (κ1) is 20.4. The Balaban J connectivity index is 1.54. The van der Waals surface area contributed by atoms with E-state index in [1.165, 1.54) is 0 Å². The van der Waals surface area contributed by atoms with Crippen LogP contribution in [0.3, 0.4) is 0 Å². The number of nitrogens with zero attached hydrogens (tertiary/aromatic N) is 1. The number of thiocarbonyl (C=S) groups is 1. The van der Waals surface area contributed by atoms with Gasteiger partial charge in [0.25, 0.3) is 5.91 Å². The van der Waals surface area contributed by atoms with Crippen LogP contribution in [0.15, 0.2) is 66.7 Å². The second kappa shape index (κ2) is 8.85. The van der Waals surface area contributed by atoms with Crippen molar-refractivity contribution in [3.63, 3.8) is 0 Å². The zero-order chi connectivity index (χ0) is 21.8. The quantitative estimate of drug-likeness (QED) is 0.406. The molecule has 0 atom stereocenters. The van der Waals surface area contributed by atoms with Crippen LogP contribution < -0.4 is 20.1 Å². The summed E-state index contributed by atoms with van der Waals surface area (Å²) in [6, 6.07) is 20.2. The number of H-pyrrole nitrogens is 1. The lowest BCUT2D eigenvalue weighted by atomic mass is 10.1. The van der Waals surface area contributed by atoms with E-state index in [1.807, 2.05) is 42.5 Å². The number of amides is 1. The van der Waals surface area contributed by atoms with E-state index in [0.29, 0.717) is 22.7 Å². The standard InChI is InChI=1S/C23H20N4O3S/c1-29-16-7-5-6-15(12-16)22(28)27-23(31)26-19-13-14(10-11-20(19)30-2)21-24-17-8-3-4-9-18(17)25-21/h3-13H,1-2H3,(H,24,25)(H2,26,27,28,31). The van der Waals surface area contributed by atoms with Gasteiger partial charge in [-0.1, -0.05) is 18.2 Å².